The van der Waals surface area contributed by atoms with E-state index >= 15 is 0 Å². The van der Waals surface area contributed by atoms with E-state index in [0.29, 0.717) is 17.4 Å². The van der Waals surface area contributed by atoms with Crippen LogP contribution >= 0.6 is 11.8 Å². The number of nitrogens with one attached hydrogen (secondary N) is 1. The van der Waals surface area contributed by atoms with E-state index in [-0.39, 0.29) is 17.0 Å². The second-order valence-electron chi connectivity index (χ2n) is 9.76. The summed E-state index contributed by atoms with van der Waals surface area (Å²) < 4.78 is 5.65. The highest BCUT2D eigenvalue weighted by Crippen LogP contribution is 2.45. The number of aryl methyl sites for hydroxylation is 1. The van der Waals surface area contributed by atoms with Gasteiger partial charge in [-0.2, -0.15) is 0 Å². The van der Waals surface area contributed by atoms with Gasteiger partial charge in [0, 0.05) is 35.6 Å². The van der Waals surface area contributed by atoms with Crippen LogP contribution in [-0.4, -0.2) is 48.2 Å². The molecule has 2 heterocycles. The molecule has 0 spiro atoms. The zero-order valence-corrected chi connectivity index (χ0v) is 21.8. The summed E-state index contributed by atoms with van der Waals surface area (Å²) in [5.74, 6) is 0.0544. The van der Waals surface area contributed by atoms with Crippen molar-refractivity contribution in [2.45, 2.75) is 45.6 Å². The molecule has 2 aromatic carbocycles. The molecule has 2 aromatic rings. The van der Waals surface area contributed by atoms with Crippen molar-refractivity contribution in [1.29, 1.82) is 0 Å². The van der Waals surface area contributed by atoms with Crippen LogP contribution in [0.25, 0.3) is 6.08 Å². The van der Waals surface area contributed by atoms with Crippen LogP contribution in [0.3, 0.4) is 0 Å². The first kappa shape index (κ1) is 24.9. The summed E-state index contributed by atoms with van der Waals surface area (Å²) in [5.41, 5.74) is 4.58. The highest BCUT2D eigenvalue weighted by Gasteiger charge is 2.38. The van der Waals surface area contributed by atoms with E-state index in [4.69, 9.17) is 4.74 Å². The lowest BCUT2D eigenvalue weighted by atomic mass is 9.80. The van der Waals surface area contributed by atoms with Gasteiger partial charge < -0.3 is 15.0 Å². The van der Waals surface area contributed by atoms with Crippen molar-refractivity contribution in [3.8, 4) is 5.75 Å². The number of imide groups is 1. The molecule has 0 aliphatic carbocycles. The lowest BCUT2D eigenvalue weighted by molar-refractivity contribution is -0.127. The predicted octanol–water partition coefficient (Wildman–Crippen LogP) is 5.40. The summed E-state index contributed by atoms with van der Waals surface area (Å²) in [6.45, 7) is 8.18. The summed E-state index contributed by atoms with van der Waals surface area (Å²) in [7, 11) is 3.68. The van der Waals surface area contributed by atoms with Gasteiger partial charge in [0.1, 0.15) is 12.3 Å². The molecule has 3 amide bonds. The van der Waals surface area contributed by atoms with Gasteiger partial charge in [0.05, 0.1) is 12.0 Å². The Morgan fingerprint density at radius 1 is 1.26 bits per heavy atom. The first-order valence-electron chi connectivity index (χ1n) is 11.6. The number of para-hydroxylation sites is 1. The molecule has 1 saturated heterocycles. The van der Waals surface area contributed by atoms with E-state index in [1.54, 1.807) is 19.3 Å². The van der Waals surface area contributed by atoms with Gasteiger partial charge in [-0.05, 0) is 74.2 Å². The molecule has 8 heteroatoms. The number of carbonyl (C=O) groups excluding carboxylic acids is 3. The van der Waals surface area contributed by atoms with Gasteiger partial charge in [0.25, 0.3) is 11.1 Å². The topological polar surface area (TPSA) is 79.0 Å². The summed E-state index contributed by atoms with van der Waals surface area (Å²) >= 11 is 0.838. The maximum absolute atomic E-state index is 13.1. The van der Waals surface area contributed by atoms with E-state index < -0.39 is 17.1 Å². The molecule has 2 aliphatic heterocycles. The van der Waals surface area contributed by atoms with Gasteiger partial charge in [-0.1, -0.05) is 25.1 Å². The fourth-order valence-electron chi connectivity index (χ4n) is 4.72. The Bertz CT molecular complexity index is 1240. The number of ether oxygens (including phenoxy) is 1. The Balaban J connectivity index is 1.58. The van der Waals surface area contributed by atoms with Gasteiger partial charge in [-0.15, -0.1) is 0 Å². The molecule has 0 aromatic heterocycles. The maximum Gasteiger partial charge on any atom is 0.294 e. The van der Waals surface area contributed by atoms with Gasteiger partial charge in [-0.25, -0.2) is 0 Å². The highest BCUT2D eigenvalue weighted by atomic mass is 32.2. The monoisotopic (exact) mass is 493 g/mol. The second-order valence-corrected chi connectivity index (χ2v) is 10.8. The van der Waals surface area contributed by atoms with Crippen molar-refractivity contribution in [2.24, 2.45) is 0 Å². The van der Waals surface area contributed by atoms with Gasteiger partial charge >= 0.3 is 0 Å². The SMILES string of the molecule is COc1cc2c(cc1/C=C1/SC(=O)N(CC(=O)Nc3ccccc3C)C1=O)C(C)CC(C)(C)N2C. The number of thioether (sulfide) groups is 1. The molecule has 0 bridgehead atoms. The molecule has 1 N–H and O–H groups in total. The molecule has 0 radical (unpaired) electrons. The number of carbonyl (C=O) groups is 3. The van der Waals surface area contributed by atoms with Gasteiger partial charge in [0.15, 0.2) is 0 Å². The number of hydrogen-bond acceptors (Lipinski definition) is 6. The molecular weight excluding hydrogens is 462 g/mol. The van der Waals surface area contributed by atoms with Gasteiger partial charge in [0.2, 0.25) is 5.91 Å². The minimum atomic E-state index is -0.481. The molecule has 0 saturated carbocycles. The third-order valence-corrected chi connectivity index (χ3v) is 7.77. The van der Waals surface area contributed by atoms with Crippen LogP contribution in [0.15, 0.2) is 41.3 Å². The summed E-state index contributed by atoms with van der Waals surface area (Å²) in [6.07, 6.45) is 2.69. The van der Waals surface area contributed by atoms with Crippen molar-refractivity contribution in [3.63, 3.8) is 0 Å². The molecule has 184 valence electrons. The van der Waals surface area contributed by atoms with Gasteiger partial charge in [-0.3, -0.25) is 19.3 Å². The molecule has 1 atom stereocenters. The lowest BCUT2D eigenvalue weighted by Crippen LogP contribution is -2.45. The number of amides is 3. The van der Waals surface area contributed by atoms with E-state index in [1.165, 1.54) is 5.56 Å². The number of anilines is 2. The Hall–Kier alpha value is -3.26. The zero-order valence-electron chi connectivity index (χ0n) is 21.0. The molecule has 1 unspecified atom stereocenters. The first-order chi connectivity index (χ1) is 16.5. The van der Waals surface area contributed by atoms with Crippen molar-refractivity contribution in [2.75, 3.05) is 30.9 Å². The summed E-state index contributed by atoms with van der Waals surface area (Å²) in [5, 5.41) is 2.31. The van der Waals surface area contributed by atoms with Crippen LogP contribution in [0.1, 0.15) is 49.8 Å². The van der Waals surface area contributed by atoms with Crippen LogP contribution < -0.4 is 15.0 Å². The predicted molar refractivity (Wildman–Crippen MR) is 141 cm³/mol. The highest BCUT2D eigenvalue weighted by molar-refractivity contribution is 8.18. The Labute approximate surface area is 210 Å². The smallest absolute Gasteiger partial charge is 0.294 e. The molecule has 1 fully saturated rings. The summed E-state index contributed by atoms with van der Waals surface area (Å²) in [6, 6.07) is 11.4. The molecule has 4 rings (SSSR count). The van der Waals surface area contributed by atoms with Crippen LogP contribution in [0.2, 0.25) is 0 Å². The van der Waals surface area contributed by atoms with E-state index in [9.17, 15) is 14.4 Å². The zero-order chi connectivity index (χ0) is 25.5. The number of benzene rings is 2. The minimum Gasteiger partial charge on any atom is -0.496 e. The van der Waals surface area contributed by atoms with Crippen LogP contribution in [0.4, 0.5) is 16.2 Å². The number of methoxy groups -OCH3 is 1. The Morgan fingerprint density at radius 2 is 1.97 bits per heavy atom. The Kier molecular flexibility index (Phi) is 6.68. The van der Waals surface area contributed by atoms with E-state index in [2.05, 4.69) is 38.0 Å². The molecule has 2 aliphatic rings. The molecular formula is C27H31N3O4S. The number of rotatable bonds is 5. The molecule has 7 nitrogen and oxygen atoms in total. The maximum atomic E-state index is 13.1. The Morgan fingerprint density at radius 3 is 2.66 bits per heavy atom. The largest absolute Gasteiger partial charge is 0.496 e. The first-order valence-corrected chi connectivity index (χ1v) is 12.4. The third kappa shape index (κ3) is 4.80. The van der Waals surface area contributed by atoms with E-state index in [0.717, 1.165) is 39.9 Å². The van der Waals surface area contributed by atoms with E-state index in [1.807, 2.05) is 37.3 Å². The van der Waals surface area contributed by atoms with Crippen molar-refractivity contribution in [3.05, 3.63) is 58.0 Å². The number of fused-ring (bicyclic) bond motifs is 1. The fourth-order valence-corrected chi connectivity index (χ4v) is 5.55. The van der Waals surface area contributed by atoms with Crippen molar-refractivity contribution >= 4 is 46.3 Å². The number of hydrogen-bond donors (Lipinski definition) is 1. The van der Waals surface area contributed by atoms with Crippen LogP contribution in [0.5, 0.6) is 5.75 Å². The number of nitrogens with zero attached hydrogens (tertiary/aromatic N) is 2. The molecule has 35 heavy (non-hydrogen) atoms. The average Bonchev–Trinajstić information content (AvgIpc) is 3.06. The fraction of sp³-hybridized carbons (Fsp3) is 0.370. The van der Waals surface area contributed by atoms with Crippen LogP contribution in [0, 0.1) is 6.92 Å². The third-order valence-electron chi connectivity index (χ3n) is 6.87. The lowest BCUT2D eigenvalue weighted by Gasteiger charge is -2.45. The average molecular weight is 494 g/mol. The van der Waals surface area contributed by atoms with Crippen molar-refractivity contribution in [1.82, 2.24) is 4.90 Å². The quantitative estimate of drug-likeness (QED) is 0.562. The van der Waals surface area contributed by atoms with Crippen LogP contribution in [-0.2, 0) is 9.59 Å². The normalized spacial score (nSPS) is 20.3. The van der Waals surface area contributed by atoms with Crippen molar-refractivity contribution < 1.29 is 19.1 Å². The summed E-state index contributed by atoms with van der Waals surface area (Å²) in [4.78, 5) is 41.7. The standard InChI is InChI=1S/C27H31N3O4S/c1-16-9-7-8-10-20(16)28-24(31)15-30-25(32)23(35-26(30)33)12-18-11-19-17(2)14-27(3,4)29(5)21(19)13-22(18)34-6/h7-13,17H,14-15H2,1-6H3,(H,28,31)/b23-12+. The minimum absolute atomic E-state index is 0.0143. The second kappa shape index (κ2) is 9.41.